The van der Waals surface area contributed by atoms with E-state index in [0.717, 1.165) is 0 Å². The highest BCUT2D eigenvalue weighted by Crippen LogP contribution is 2.23. The number of aliphatic hydroxyl groups is 5. The molecule has 0 aliphatic heterocycles. The molecule has 1 heterocycles. The van der Waals surface area contributed by atoms with Crippen LogP contribution in [0.25, 0.3) is 11.5 Å². The minimum Gasteiger partial charge on any atom is -0.418 e. The molecule has 1 aromatic carbocycles. The Morgan fingerprint density at radius 2 is 1.62 bits per heavy atom. The first-order valence-corrected chi connectivity index (χ1v) is 6.26. The third-order valence-electron chi connectivity index (χ3n) is 2.97. The van der Waals surface area contributed by atoms with E-state index < -0.39 is 31.0 Å². The number of benzene rings is 1. The van der Waals surface area contributed by atoms with E-state index in [0.29, 0.717) is 5.56 Å². The average molecular weight is 296 g/mol. The smallest absolute Gasteiger partial charge is 0.248 e. The fourth-order valence-corrected chi connectivity index (χ4v) is 1.72. The molecule has 2 rings (SSSR count). The molecule has 8 heteroatoms. The first-order valence-electron chi connectivity index (χ1n) is 6.26. The van der Waals surface area contributed by atoms with Crippen molar-refractivity contribution >= 4 is 0 Å². The van der Waals surface area contributed by atoms with Crippen molar-refractivity contribution in [3.8, 4) is 11.5 Å². The Kier molecular flexibility index (Phi) is 4.99. The zero-order valence-electron chi connectivity index (χ0n) is 10.9. The number of rotatable bonds is 6. The van der Waals surface area contributed by atoms with E-state index in [1.807, 2.05) is 6.07 Å². The number of nitrogens with zero attached hydrogens (tertiary/aromatic N) is 2. The van der Waals surface area contributed by atoms with Gasteiger partial charge in [0.1, 0.15) is 18.3 Å². The Morgan fingerprint density at radius 1 is 0.952 bits per heavy atom. The molecule has 1 aromatic heterocycles. The van der Waals surface area contributed by atoms with Crippen molar-refractivity contribution in [1.82, 2.24) is 10.2 Å². The van der Waals surface area contributed by atoms with Gasteiger partial charge in [0, 0.05) is 5.56 Å². The van der Waals surface area contributed by atoms with E-state index in [-0.39, 0.29) is 11.8 Å². The molecule has 114 valence electrons. The summed E-state index contributed by atoms with van der Waals surface area (Å²) in [4.78, 5) is 0. The maximum absolute atomic E-state index is 9.87. The van der Waals surface area contributed by atoms with Crippen LogP contribution in [0.4, 0.5) is 0 Å². The van der Waals surface area contributed by atoms with Crippen LogP contribution in [0, 0.1) is 0 Å². The second kappa shape index (κ2) is 6.74. The molecule has 0 bridgehead atoms. The summed E-state index contributed by atoms with van der Waals surface area (Å²) in [5, 5.41) is 54.4. The summed E-state index contributed by atoms with van der Waals surface area (Å²) in [7, 11) is 0. The van der Waals surface area contributed by atoms with Crippen LogP contribution < -0.4 is 0 Å². The molecule has 0 aliphatic rings. The molecule has 0 radical (unpaired) electrons. The molecule has 8 nitrogen and oxygen atoms in total. The monoisotopic (exact) mass is 296 g/mol. The maximum atomic E-state index is 9.87. The van der Waals surface area contributed by atoms with Gasteiger partial charge in [0.15, 0.2) is 6.10 Å². The zero-order valence-corrected chi connectivity index (χ0v) is 10.9. The van der Waals surface area contributed by atoms with Gasteiger partial charge in [-0.1, -0.05) is 18.2 Å². The minimum absolute atomic E-state index is 0.147. The van der Waals surface area contributed by atoms with Gasteiger partial charge in [0.05, 0.1) is 6.61 Å². The van der Waals surface area contributed by atoms with Crippen molar-refractivity contribution in [3.05, 3.63) is 36.2 Å². The first-order chi connectivity index (χ1) is 10.0. The van der Waals surface area contributed by atoms with Crippen LogP contribution >= 0.6 is 0 Å². The second-order valence-corrected chi connectivity index (χ2v) is 4.49. The molecule has 0 spiro atoms. The first kappa shape index (κ1) is 15.5. The van der Waals surface area contributed by atoms with Crippen LogP contribution in [0.5, 0.6) is 0 Å². The maximum Gasteiger partial charge on any atom is 0.248 e. The van der Waals surface area contributed by atoms with Gasteiger partial charge in [-0.2, -0.15) is 0 Å². The number of hydrogen-bond donors (Lipinski definition) is 5. The van der Waals surface area contributed by atoms with E-state index >= 15 is 0 Å². The Bertz CT molecular complexity index is 561. The van der Waals surface area contributed by atoms with Crippen LogP contribution in [-0.2, 0) is 0 Å². The highest BCUT2D eigenvalue weighted by Gasteiger charge is 2.34. The zero-order chi connectivity index (χ0) is 15.4. The van der Waals surface area contributed by atoms with Crippen molar-refractivity contribution in [3.63, 3.8) is 0 Å². The van der Waals surface area contributed by atoms with Crippen molar-refractivity contribution in [1.29, 1.82) is 0 Å². The predicted octanol–water partition coefficient (Wildman–Crippen LogP) is -1.16. The molecule has 0 saturated carbocycles. The van der Waals surface area contributed by atoms with E-state index in [1.54, 1.807) is 24.3 Å². The average Bonchev–Trinajstić information content (AvgIpc) is 3.02. The lowest BCUT2D eigenvalue weighted by Gasteiger charge is -2.23. The van der Waals surface area contributed by atoms with Gasteiger partial charge in [0.25, 0.3) is 0 Å². The van der Waals surface area contributed by atoms with E-state index in [4.69, 9.17) is 9.52 Å². The van der Waals surface area contributed by atoms with Crippen LogP contribution in [0.2, 0.25) is 0 Å². The van der Waals surface area contributed by atoms with Crippen LogP contribution in [0.15, 0.2) is 34.7 Å². The normalized spacial score (nSPS) is 17.2. The second-order valence-electron chi connectivity index (χ2n) is 4.49. The lowest BCUT2D eigenvalue weighted by molar-refractivity contribution is -0.121. The number of aromatic nitrogens is 2. The number of hydrogen-bond acceptors (Lipinski definition) is 8. The molecule has 4 atom stereocenters. The Hall–Kier alpha value is -1.84. The summed E-state index contributed by atoms with van der Waals surface area (Å²) >= 11 is 0. The molecular formula is C13H16N2O6. The number of aliphatic hydroxyl groups excluding tert-OH is 5. The van der Waals surface area contributed by atoms with E-state index in [2.05, 4.69) is 10.2 Å². The van der Waals surface area contributed by atoms with Crippen LogP contribution in [-0.4, -0.2) is 60.6 Å². The van der Waals surface area contributed by atoms with Gasteiger partial charge >= 0.3 is 0 Å². The van der Waals surface area contributed by atoms with Gasteiger partial charge in [-0.25, -0.2) is 0 Å². The van der Waals surface area contributed by atoms with E-state index in [1.165, 1.54) is 0 Å². The van der Waals surface area contributed by atoms with Gasteiger partial charge in [-0.3, -0.25) is 0 Å². The third kappa shape index (κ3) is 3.43. The molecule has 21 heavy (non-hydrogen) atoms. The Labute approximate surface area is 119 Å². The Balaban J connectivity index is 2.14. The molecule has 0 aliphatic carbocycles. The lowest BCUT2D eigenvalue weighted by atomic mass is 10.0. The molecular weight excluding hydrogens is 280 g/mol. The van der Waals surface area contributed by atoms with Gasteiger partial charge in [-0.15, -0.1) is 10.2 Å². The predicted molar refractivity (Wildman–Crippen MR) is 69.8 cm³/mol. The summed E-state index contributed by atoms with van der Waals surface area (Å²) < 4.78 is 5.23. The van der Waals surface area contributed by atoms with Crippen molar-refractivity contribution in [2.45, 2.75) is 24.4 Å². The third-order valence-corrected chi connectivity index (χ3v) is 2.97. The standard InChI is InChI=1S/C13H16N2O6/c16-6-8(17)9(18)10(19)11(20)13-15-14-12(21-13)7-4-2-1-3-5-7/h1-5,8-11,16-20H,6H2/t8-,9+,10+,11?/m1/s1. The van der Waals surface area contributed by atoms with Gasteiger partial charge < -0.3 is 29.9 Å². The molecule has 1 unspecified atom stereocenters. The van der Waals surface area contributed by atoms with Gasteiger partial charge in [0.2, 0.25) is 11.8 Å². The lowest BCUT2D eigenvalue weighted by Crippen LogP contribution is -2.42. The summed E-state index contributed by atoms with van der Waals surface area (Å²) in [6.45, 7) is -0.760. The van der Waals surface area contributed by atoms with Crippen LogP contribution in [0.1, 0.15) is 12.0 Å². The minimum atomic E-state index is -1.78. The quantitative estimate of drug-likeness (QED) is 0.450. The van der Waals surface area contributed by atoms with E-state index in [9.17, 15) is 20.4 Å². The summed E-state index contributed by atoms with van der Waals surface area (Å²) in [5.41, 5.74) is 0.633. The highest BCUT2D eigenvalue weighted by atomic mass is 16.4. The van der Waals surface area contributed by atoms with Crippen molar-refractivity contribution in [2.24, 2.45) is 0 Å². The summed E-state index contributed by atoms with van der Waals surface area (Å²) in [5.74, 6) is -0.153. The van der Waals surface area contributed by atoms with Crippen molar-refractivity contribution in [2.75, 3.05) is 6.61 Å². The Morgan fingerprint density at radius 3 is 2.24 bits per heavy atom. The molecule has 0 saturated heterocycles. The summed E-state index contributed by atoms with van der Waals surface area (Å²) in [6, 6.07) is 8.80. The summed E-state index contributed by atoms with van der Waals surface area (Å²) in [6.07, 6.45) is -6.81. The molecule has 2 aromatic rings. The van der Waals surface area contributed by atoms with Crippen LogP contribution in [0.3, 0.4) is 0 Å². The fourth-order valence-electron chi connectivity index (χ4n) is 1.72. The highest BCUT2D eigenvalue weighted by molar-refractivity contribution is 5.51. The fraction of sp³-hybridized carbons (Fsp3) is 0.385. The van der Waals surface area contributed by atoms with Crippen molar-refractivity contribution < 1.29 is 29.9 Å². The largest absolute Gasteiger partial charge is 0.418 e. The topological polar surface area (TPSA) is 140 Å². The molecule has 0 amide bonds. The molecule has 5 N–H and O–H groups in total. The SMILES string of the molecule is OC[C@@H](O)[C@H](O)[C@H](O)C(O)c1nnc(-c2ccccc2)o1. The van der Waals surface area contributed by atoms with Gasteiger partial charge in [-0.05, 0) is 12.1 Å². The molecule has 0 fully saturated rings.